The Morgan fingerprint density at radius 2 is 1.89 bits per heavy atom. The van der Waals surface area contributed by atoms with Crippen molar-refractivity contribution >= 4 is 17.3 Å². The van der Waals surface area contributed by atoms with Crippen molar-refractivity contribution < 1.29 is 0 Å². The van der Waals surface area contributed by atoms with Crippen LogP contribution in [0.3, 0.4) is 0 Å². The molecule has 0 aliphatic heterocycles. The van der Waals surface area contributed by atoms with Gasteiger partial charge in [-0.25, -0.2) is 9.97 Å². The Kier molecular flexibility index (Phi) is 5.82. The van der Waals surface area contributed by atoms with Crippen LogP contribution in [0.25, 0.3) is 0 Å². The quantitative estimate of drug-likeness (QED) is 0.743. The third kappa shape index (κ3) is 4.10. The maximum Gasteiger partial charge on any atom is 0.131 e. The van der Waals surface area contributed by atoms with Crippen molar-refractivity contribution in [3.8, 4) is 0 Å². The molecule has 1 rings (SSSR count). The smallest absolute Gasteiger partial charge is 0.131 e. The second-order valence-electron chi connectivity index (χ2n) is 5.07. The Morgan fingerprint density at radius 1 is 1.22 bits per heavy atom. The molecule has 0 aliphatic rings. The molecule has 0 N–H and O–H groups in total. The number of alkyl halides is 1. The summed E-state index contributed by atoms with van der Waals surface area (Å²) in [5.41, 5.74) is 1.94. The highest BCUT2D eigenvalue weighted by molar-refractivity contribution is 6.17. The number of nitrogens with zero attached hydrogens (tertiary/aromatic N) is 4. The molecule has 0 atom stereocenters. The normalized spacial score (nSPS) is 11.3. The Balaban J connectivity index is 2.87. The topological polar surface area (TPSA) is 32.3 Å². The van der Waals surface area contributed by atoms with Crippen LogP contribution >= 0.6 is 11.6 Å². The largest absolute Gasteiger partial charge is 0.371 e. The summed E-state index contributed by atoms with van der Waals surface area (Å²) in [6.45, 7) is 6.09. The molecule has 0 aliphatic carbocycles. The van der Waals surface area contributed by atoms with E-state index in [1.165, 1.54) is 0 Å². The van der Waals surface area contributed by atoms with E-state index in [1.54, 1.807) is 0 Å². The highest BCUT2D eigenvalue weighted by Gasteiger charge is 2.12. The first-order valence-corrected chi connectivity index (χ1v) is 6.76. The van der Waals surface area contributed by atoms with E-state index >= 15 is 0 Å². The molecule has 0 unspecified atom stereocenters. The molecule has 0 saturated heterocycles. The molecule has 0 bridgehead atoms. The number of rotatable bonds is 6. The Morgan fingerprint density at radius 3 is 2.39 bits per heavy atom. The van der Waals surface area contributed by atoms with Crippen molar-refractivity contribution in [1.29, 1.82) is 0 Å². The van der Waals surface area contributed by atoms with Crippen molar-refractivity contribution in [3.05, 3.63) is 17.7 Å². The average Bonchev–Trinajstić information content (AvgIpc) is 2.34. The lowest BCUT2D eigenvalue weighted by Crippen LogP contribution is -2.29. The lowest BCUT2D eigenvalue weighted by atomic mass is 10.2. The molecular formula is C13H23ClN4. The zero-order valence-electron chi connectivity index (χ0n) is 11.9. The summed E-state index contributed by atoms with van der Waals surface area (Å²) in [6, 6.07) is 0. The molecule has 0 fully saturated rings. The maximum atomic E-state index is 5.99. The van der Waals surface area contributed by atoms with E-state index in [0.29, 0.717) is 11.8 Å². The third-order valence-electron chi connectivity index (χ3n) is 2.80. The van der Waals surface area contributed by atoms with Gasteiger partial charge in [0.25, 0.3) is 0 Å². The Labute approximate surface area is 115 Å². The first-order valence-electron chi connectivity index (χ1n) is 6.23. The average molecular weight is 271 g/mol. The molecule has 18 heavy (non-hydrogen) atoms. The van der Waals surface area contributed by atoms with Crippen LogP contribution in [0.15, 0.2) is 6.20 Å². The minimum absolute atomic E-state index is 0.327. The van der Waals surface area contributed by atoms with Gasteiger partial charge in [-0.3, -0.25) is 0 Å². The number of likely N-dealkylation sites (N-methyl/N-ethyl adjacent to an activating group) is 2. The van der Waals surface area contributed by atoms with Gasteiger partial charge in [0.1, 0.15) is 5.82 Å². The van der Waals surface area contributed by atoms with E-state index < -0.39 is 0 Å². The fourth-order valence-corrected chi connectivity index (χ4v) is 1.79. The molecule has 0 saturated carbocycles. The van der Waals surface area contributed by atoms with E-state index in [2.05, 4.69) is 47.7 Å². The third-order valence-corrected chi connectivity index (χ3v) is 3.05. The van der Waals surface area contributed by atoms with Crippen LogP contribution in [0.4, 0.5) is 5.69 Å². The first kappa shape index (κ1) is 15.2. The molecule has 0 aromatic carbocycles. The molecule has 4 nitrogen and oxygen atoms in total. The zero-order chi connectivity index (χ0) is 13.7. The summed E-state index contributed by atoms with van der Waals surface area (Å²) in [5.74, 6) is 1.60. The zero-order valence-corrected chi connectivity index (χ0v) is 12.7. The van der Waals surface area contributed by atoms with Crippen molar-refractivity contribution in [2.75, 3.05) is 39.1 Å². The predicted molar refractivity (Wildman–Crippen MR) is 77.5 cm³/mol. The van der Waals surface area contributed by atoms with Gasteiger partial charge in [0, 0.05) is 26.1 Å². The molecular weight excluding hydrogens is 248 g/mol. The van der Waals surface area contributed by atoms with Crippen LogP contribution in [0.1, 0.15) is 31.3 Å². The molecule has 0 spiro atoms. The van der Waals surface area contributed by atoms with Crippen LogP contribution in [-0.4, -0.2) is 49.1 Å². The molecule has 5 heteroatoms. The van der Waals surface area contributed by atoms with Gasteiger partial charge in [-0.2, -0.15) is 0 Å². The van der Waals surface area contributed by atoms with Gasteiger partial charge in [-0.15, -0.1) is 11.6 Å². The molecule has 1 aromatic rings. The number of aromatic nitrogens is 2. The minimum Gasteiger partial charge on any atom is -0.371 e. The molecule has 1 aromatic heterocycles. The van der Waals surface area contributed by atoms with Crippen LogP contribution < -0.4 is 4.90 Å². The molecule has 0 amide bonds. The molecule has 102 valence electrons. The van der Waals surface area contributed by atoms with Gasteiger partial charge in [0.15, 0.2) is 0 Å². The summed E-state index contributed by atoms with van der Waals surface area (Å²) in [7, 11) is 6.18. The summed E-state index contributed by atoms with van der Waals surface area (Å²) < 4.78 is 0. The lowest BCUT2D eigenvalue weighted by Gasteiger charge is -2.23. The fraction of sp³-hybridized carbons (Fsp3) is 0.692. The van der Waals surface area contributed by atoms with E-state index in [-0.39, 0.29) is 0 Å². The van der Waals surface area contributed by atoms with Crippen LogP contribution in [0.2, 0.25) is 0 Å². The number of hydrogen-bond acceptors (Lipinski definition) is 4. The van der Waals surface area contributed by atoms with Crippen LogP contribution in [-0.2, 0) is 5.88 Å². The van der Waals surface area contributed by atoms with Crippen molar-refractivity contribution in [2.45, 2.75) is 25.6 Å². The van der Waals surface area contributed by atoms with Crippen molar-refractivity contribution in [2.24, 2.45) is 0 Å². The first-order chi connectivity index (χ1) is 8.45. The highest BCUT2D eigenvalue weighted by atomic mass is 35.5. The van der Waals surface area contributed by atoms with Gasteiger partial charge < -0.3 is 9.80 Å². The second-order valence-corrected chi connectivity index (χ2v) is 5.34. The van der Waals surface area contributed by atoms with E-state index in [0.717, 1.165) is 30.3 Å². The number of anilines is 1. The van der Waals surface area contributed by atoms with Gasteiger partial charge in [-0.1, -0.05) is 13.8 Å². The summed E-state index contributed by atoms with van der Waals surface area (Å²) >= 11 is 5.99. The van der Waals surface area contributed by atoms with Gasteiger partial charge in [0.05, 0.1) is 23.5 Å². The summed E-state index contributed by atoms with van der Waals surface area (Å²) in [5, 5.41) is 0. The minimum atomic E-state index is 0.327. The van der Waals surface area contributed by atoms with Crippen molar-refractivity contribution in [1.82, 2.24) is 14.9 Å². The Hall–Kier alpha value is -0.870. The standard InChI is InChI=1S/C13H23ClN4/c1-10(2)13-15-9-12(11(8-14)16-13)18(5)7-6-17(3)4/h9-10H,6-8H2,1-5H3. The second kappa shape index (κ2) is 6.90. The van der Waals surface area contributed by atoms with E-state index in [9.17, 15) is 0 Å². The summed E-state index contributed by atoms with van der Waals surface area (Å²) in [6.07, 6.45) is 1.88. The number of hydrogen-bond donors (Lipinski definition) is 0. The fourth-order valence-electron chi connectivity index (χ4n) is 1.59. The van der Waals surface area contributed by atoms with Crippen molar-refractivity contribution in [3.63, 3.8) is 0 Å². The SMILES string of the molecule is CC(C)c1ncc(N(C)CCN(C)C)c(CCl)n1. The Bertz CT molecular complexity index is 379. The highest BCUT2D eigenvalue weighted by Crippen LogP contribution is 2.20. The van der Waals surface area contributed by atoms with E-state index in [4.69, 9.17) is 11.6 Å². The maximum absolute atomic E-state index is 5.99. The van der Waals surface area contributed by atoms with Gasteiger partial charge >= 0.3 is 0 Å². The number of halogens is 1. The van der Waals surface area contributed by atoms with Gasteiger partial charge in [-0.05, 0) is 14.1 Å². The van der Waals surface area contributed by atoms with Gasteiger partial charge in [0.2, 0.25) is 0 Å². The summed E-state index contributed by atoms with van der Waals surface area (Å²) in [4.78, 5) is 13.3. The van der Waals surface area contributed by atoms with E-state index in [1.807, 2.05) is 13.2 Å². The van der Waals surface area contributed by atoms with Crippen LogP contribution in [0.5, 0.6) is 0 Å². The molecule has 0 radical (unpaired) electrons. The van der Waals surface area contributed by atoms with Crippen LogP contribution in [0, 0.1) is 0 Å². The monoisotopic (exact) mass is 270 g/mol. The predicted octanol–water partition coefficient (Wildman–Crippen LogP) is 2.34. The lowest BCUT2D eigenvalue weighted by molar-refractivity contribution is 0.416. The molecule has 1 heterocycles.